The number of sulfonamides is 1. The van der Waals surface area contributed by atoms with Gasteiger partial charge < -0.3 is 5.73 Å². The van der Waals surface area contributed by atoms with Crippen LogP contribution in [0.1, 0.15) is 29.3 Å². The van der Waals surface area contributed by atoms with Gasteiger partial charge in [0.2, 0.25) is 5.91 Å². The normalized spacial score (nSPS) is 11.1. The summed E-state index contributed by atoms with van der Waals surface area (Å²) in [5.41, 5.74) is 6.83. The van der Waals surface area contributed by atoms with Crippen LogP contribution in [0.25, 0.3) is 0 Å². The highest BCUT2D eigenvalue weighted by Crippen LogP contribution is 2.18. The lowest BCUT2D eigenvalue weighted by Gasteiger charge is -2.09. The first kappa shape index (κ1) is 16.0. The zero-order valence-electron chi connectivity index (χ0n) is 12.2. The van der Waals surface area contributed by atoms with Crippen molar-refractivity contribution < 1.29 is 13.2 Å². The van der Waals surface area contributed by atoms with E-state index in [1.165, 1.54) is 12.1 Å². The largest absolute Gasteiger partial charge is 0.366 e. The number of carbonyl (C=O) groups is 1. The van der Waals surface area contributed by atoms with Crippen LogP contribution in [0.15, 0.2) is 53.4 Å². The third kappa shape index (κ3) is 3.85. The summed E-state index contributed by atoms with van der Waals surface area (Å²) in [5, 5.41) is 0. The molecule has 0 atom stereocenters. The molecule has 2 aromatic carbocycles. The molecule has 0 radical (unpaired) electrons. The molecule has 2 rings (SSSR count). The Morgan fingerprint density at radius 2 is 1.82 bits per heavy atom. The van der Waals surface area contributed by atoms with Gasteiger partial charge in [-0.2, -0.15) is 0 Å². The number of primary amides is 1. The first-order valence-electron chi connectivity index (χ1n) is 6.94. The number of anilines is 1. The van der Waals surface area contributed by atoms with Crippen LogP contribution in [0.3, 0.4) is 0 Å². The number of carbonyl (C=O) groups excluding carboxylic acids is 1. The van der Waals surface area contributed by atoms with Crippen molar-refractivity contribution in [2.24, 2.45) is 5.73 Å². The molecule has 0 bridgehead atoms. The minimum Gasteiger partial charge on any atom is -0.366 e. The standard InChI is InChI=1S/C16H18N2O3S/c1-2-4-12-7-9-15(10-8-12)22(20,21)18-14-6-3-5-13(11-14)16(17)19/h3,5-11,18H,2,4H2,1H3,(H2,17,19). The Balaban J connectivity index is 2.23. The fourth-order valence-corrected chi connectivity index (χ4v) is 3.12. The zero-order chi connectivity index (χ0) is 16.2. The van der Waals surface area contributed by atoms with E-state index in [1.807, 2.05) is 0 Å². The monoisotopic (exact) mass is 318 g/mol. The Labute approximate surface area is 130 Å². The first-order chi connectivity index (χ1) is 10.4. The molecule has 0 fully saturated rings. The van der Waals surface area contributed by atoms with Crippen molar-refractivity contribution in [1.29, 1.82) is 0 Å². The Hall–Kier alpha value is -2.34. The van der Waals surface area contributed by atoms with Gasteiger partial charge in [-0.15, -0.1) is 0 Å². The first-order valence-corrected chi connectivity index (χ1v) is 8.42. The molecule has 0 saturated carbocycles. The predicted molar refractivity (Wildman–Crippen MR) is 86.2 cm³/mol. The van der Waals surface area contributed by atoms with Gasteiger partial charge >= 0.3 is 0 Å². The Kier molecular flexibility index (Phi) is 4.82. The topological polar surface area (TPSA) is 89.3 Å². The molecule has 0 heterocycles. The van der Waals surface area contributed by atoms with E-state index < -0.39 is 15.9 Å². The van der Waals surface area contributed by atoms with Gasteiger partial charge in [-0.1, -0.05) is 31.5 Å². The SMILES string of the molecule is CCCc1ccc(S(=O)(=O)Nc2cccc(C(N)=O)c2)cc1. The van der Waals surface area contributed by atoms with E-state index in [4.69, 9.17) is 5.73 Å². The molecule has 5 nitrogen and oxygen atoms in total. The summed E-state index contributed by atoms with van der Waals surface area (Å²) in [4.78, 5) is 11.3. The minimum atomic E-state index is -3.69. The Bertz CT molecular complexity index is 768. The molecule has 22 heavy (non-hydrogen) atoms. The zero-order valence-corrected chi connectivity index (χ0v) is 13.1. The lowest BCUT2D eigenvalue weighted by Crippen LogP contribution is -2.15. The number of benzene rings is 2. The number of nitrogens with two attached hydrogens (primary N) is 1. The molecule has 0 saturated heterocycles. The van der Waals surface area contributed by atoms with Crippen molar-refractivity contribution in [2.45, 2.75) is 24.7 Å². The second-order valence-corrected chi connectivity index (χ2v) is 6.63. The van der Waals surface area contributed by atoms with E-state index in [2.05, 4.69) is 11.6 Å². The van der Waals surface area contributed by atoms with Crippen molar-refractivity contribution in [1.82, 2.24) is 0 Å². The Morgan fingerprint density at radius 3 is 2.41 bits per heavy atom. The summed E-state index contributed by atoms with van der Waals surface area (Å²) < 4.78 is 27.1. The van der Waals surface area contributed by atoms with E-state index in [0.717, 1.165) is 18.4 Å². The molecule has 0 aliphatic rings. The van der Waals surface area contributed by atoms with Crippen LogP contribution in [0.5, 0.6) is 0 Å². The molecule has 2 aromatic rings. The van der Waals surface area contributed by atoms with Crippen molar-refractivity contribution >= 4 is 21.6 Å². The van der Waals surface area contributed by atoms with Crippen LogP contribution in [0.2, 0.25) is 0 Å². The molecule has 0 aliphatic carbocycles. The molecule has 0 unspecified atom stereocenters. The quantitative estimate of drug-likeness (QED) is 0.857. The van der Waals surface area contributed by atoms with Crippen molar-refractivity contribution in [3.05, 3.63) is 59.7 Å². The number of hydrogen-bond donors (Lipinski definition) is 2. The molecule has 116 valence electrons. The second kappa shape index (κ2) is 6.62. The average Bonchev–Trinajstić information content (AvgIpc) is 2.48. The van der Waals surface area contributed by atoms with E-state index >= 15 is 0 Å². The smallest absolute Gasteiger partial charge is 0.261 e. The van der Waals surface area contributed by atoms with Crippen LogP contribution in [0, 0.1) is 0 Å². The summed E-state index contributed by atoms with van der Waals surface area (Å²) in [6.45, 7) is 2.07. The van der Waals surface area contributed by atoms with Gasteiger partial charge in [-0.05, 0) is 42.3 Å². The van der Waals surface area contributed by atoms with Crippen molar-refractivity contribution in [3.63, 3.8) is 0 Å². The lowest BCUT2D eigenvalue weighted by molar-refractivity contribution is 0.100. The van der Waals surface area contributed by atoms with E-state index in [9.17, 15) is 13.2 Å². The predicted octanol–water partition coefficient (Wildman–Crippen LogP) is 2.54. The molecular formula is C16H18N2O3S. The fourth-order valence-electron chi connectivity index (χ4n) is 2.07. The van der Waals surface area contributed by atoms with Gasteiger partial charge in [0.15, 0.2) is 0 Å². The molecule has 6 heteroatoms. The third-order valence-corrected chi connectivity index (χ3v) is 4.57. The van der Waals surface area contributed by atoms with Crippen molar-refractivity contribution in [3.8, 4) is 0 Å². The Morgan fingerprint density at radius 1 is 1.14 bits per heavy atom. The highest BCUT2D eigenvalue weighted by Gasteiger charge is 2.14. The van der Waals surface area contributed by atoms with Gasteiger partial charge in [0.25, 0.3) is 10.0 Å². The van der Waals surface area contributed by atoms with Gasteiger partial charge in [0.1, 0.15) is 0 Å². The summed E-state index contributed by atoms with van der Waals surface area (Å²) >= 11 is 0. The maximum atomic E-state index is 12.3. The maximum absolute atomic E-state index is 12.3. The third-order valence-electron chi connectivity index (χ3n) is 3.17. The van der Waals surface area contributed by atoms with Crippen LogP contribution >= 0.6 is 0 Å². The van der Waals surface area contributed by atoms with E-state index in [-0.39, 0.29) is 10.5 Å². The molecular weight excluding hydrogens is 300 g/mol. The van der Waals surface area contributed by atoms with Crippen LogP contribution in [0.4, 0.5) is 5.69 Å². The number of rotatable bonds is 6. The second-order valence-electron chi connectivity index (χ2n) is 4.94. The van der Waals surface area contributed by atoms with Crippen LogP contribution in [-0.2, 0) is 16.4 Å². The fraction of sp³-hybridized carbons (Fsp3) is 0.188. The van der Waals surface area contributed by atoms with E-state index in [0.29, 0.717) is 5.69 Å². The number of hydrogen-bond acceptors (Lipinski definition) is 3. The molecule has 1 amide bonds. The summed E-state index contributed by atoms with van der Waals surface area (Å²) in [5.74, 6) is -0.607. The van der Waals surface area contributed by atoms with Gasteiger partial charge in [0.05, 0.1) is 4.90 Å². The van der Waals surface area contributed by atoms with Crippen LogP contribution in [-0.4, -0.2) is 14.3 Å². The molecule has 3 N–H and O–H groups in total. The van der Waals surface area contributed by atoms with Crippen molar-refractivity contribution in [2.75, 3.05) is 4.72 Å². The highest BCUT2D eigenvalue weighted by molar-refractivity contribution is 7.92. The number of aryl methyl sites for hydroxylation is 1. The average molecular weight is 318 g/mol. The summed E-state index contributed by atoms with van der Waals surface area (Å²) in [7, 11) is -3.69. The number of amides is 1. The molecule has 0 aliphatic heterocycles. The van der Waals surface area contributed by atoms with Gasteiger partial charge in [0, 0.05) is 11.3 Å². The van der Waals surface area contributed by atoms with Gasteiger partial charge in [-0.3, -0.25) is 9.52 Å². The summed E-state index contributed by atoms with van der Waals surface area (Å²) in [6, 6.07) is 12.8. The number of nitrogens with one attached hydrogen (secondary N) is 1. The van der Waals surface area contributed by atoms with E-state index in [1.54, 1.807) is 36.4 Å². The summed E-state index contributed by atoms with van der Waals surface area (Å²) in [6.07, 6.45) is 1.92. The minimum absolute atomic E-state index is 0.178. The lowest BCUT2D eigenvalue weighted by atomic mass is 10.1. The molecule has 0 aromatic heterocycles. The molecule has 0 spiro atoms. The van der Waals surface area contributed by atoms with Crippen LogP contribution < -0.4 is 10.5 Å². The maximum Gasteiger partial charge on any atom is 0.261 e. The highest BCUT2D eigenvalue weighted by atomic mass is 32.2. The van der Waals surface area contributed by atoms with Gasteiger partial charge in [-0.25, -0.2) is 8.42 Å².